The van der Waals surface area contributed by atoms with Crippen LogP contribution < -0.4 is 5.32 Å². The molecular formula is C15H29NO2. The molecule has 3 nitrogen and oxygen atoms in total. The fraction of sp³-hybridized carbons (Fsp3) is 1.00. The Balaban J connectivity index is 1.64. The molecule has 1 saturated carbocycles. The molecule has 1 heterocycles. The lowest BCUT2D eigenvalue weighted by Crippen LogP contribution is -2.45. The van der Waals surface area contributed by atoms with Gasteiger partial charge in [-0.15, -0.1) is 0 Å². The summed E-state index contributed by atoms with van der Waals surface area (Å²) in [6.45, 7) is 4.46. The lowest BCUT2D eigenvalue weighted by Gasteiger charge is -2.38. The van der Waals surface area contributed by atoms with Gasteiger partial charge in [0.1, 0.15) is 0 Å². The average molecular weight is 255 g/mol. The van der Waals surface area contributed by atoms with Gasteiger partial charge in [-0.05, 0) is 51.0 Å². The highest BCUT2D eigenvalue weighted by Gasteiger charge is 2.39. The van der Waals surface area contributed by atoms with Crippen molar-refractivity contribution in [3.63, 3.8) is 0 Å². The zero-order chi connectivity index (χ0) is 12.8. The maximum atomic E-state index is 8.99. The van der Waals surface area contributed by atoms with E-state index in [1.165, 1.54) is 38.5 Å². The monoisotopic (exact) mass is 255 g/mol. The molecule has 0 bridgehead atoms. The van der Waals surface area contributed by atoms with Gasteiger partial charge >= 0.3 is 0 Å². The summed E-state index contributed by atoms with van der Waals surface area (Å²) in [5.41, 5.74) is 0.230. The van der Waals surface area contributed by atoms with Gasteiger partial charge in [0, 0.05) is 19.3 Å². The normalized spacial score (nSPS) is 28.7. The summed E-state index contributed by atoms with van der Waals surface area (Å²) < 4.78 is 6.05. The first-order chi connectivity index (χ1) is 8.74. The largest absolute Gasteiger partial charge is 0.396 e. The van der Waals surface area contributed by atoms with Gasteiger partial charge in [0.25, 0.3) is 0 Å². The number of aliphatic hydroxyl groups is 1. The molecular weight excluding hydrogens is 226 g/mol. The molecule has 2 rings (SSSR count). The van der Waals surface area contributed by atoms with Crippen molar-refractivity contribution in [1.29, 1.82) is 0 Å². The summed E-state index contributed by atoms with van der Waals surface area (Å²) in [5, 5.41) is 12.7. The molecule has 0 amide bonds. The summed E-state index contributed by atoms with van der Waals surface area (Å²) >= 11 is 0. The van der Waals surface area contributed by atoms with Crippen molar-refractivity contribution in [3.05, 3.63) is 0 Å². The Labute approximate surface area is 111 Å². The highest BCUT2D eigenvalue weighted by molar-refractivity contribution is 4.93. The van der Waals surface area contributed by atoms with E-state index in [0.717, 1.165) is 26.0 Å². The second-order valence-corrected chi connectivity index (χ2v) is 6.31. The van der Waals surface area contributed by atoms with E-state index in [1.807, 2.05) is 0 Å². The van der Waals surface area contributed by atoms with Crippen LogP contribution >= 0.6 is 0 Å². The van der Waals surface area contributed by atoms with Crippen molar-refractivity contribution in [3.8, 4) is 0 Å². The van der Waals surface area contributed by atoms with Crippen molar-refractivity contribution in [2.24, 2.45) is 5.92 Å². The summed E-state index contributed by atoms with van der Waals surface area (Å²) in [6, 6.07) is 0.654. The van der Waals surface area contributed by atoms with Gasteiger partial charge in [-0.25, -0.2) is 0 Å². The molecule has 0 aromatic heterocycles. The third-order valence-corrected chi connectivity index (χ3v) is 4.63. The molecule has 1 aliphatic heterocycles. The van der Waals surface area contributed by atoms with Crippen LogP contribution in [-0.2, 0) is 4.74 Å². The van der Waals surface area contributed by atoms with Gasteiger partial charge < -0.3 is 15.2 Å². The molecule has 2 fully saturated rings. The van der Waals surface area contributed by atoms with Crippen molar-refractivity contribution >= 4 is 0 Å². The molecule has 1 spiro atoms. The van der Waals surface area contributed by atoms with E-state index in [9.17, 15) is 0 Å². The highest BCUT2D eigenvalue weighted by atomic mass is 16.5. The second-order valence-electron chi connectivity index (χ2n) is 6.31. The Kier molecular flexibility index (Phi) is 5.46. The summed E-state index contributed by atoms with van der Waals surface area (Å²) in [5.74, 6) is 0.447. The Morgan fingerprint density at radius 1 is 1.39 bits per heavy atom. The Hall–Kier alpha value is -0.120. The molecule has 1 aliphatic carbocycles. The molecule has 3 heteroatoms. The Morgan fingerprint density at radius 2 is 2.17 bits per heavy atom. The van der Waals surface area contributed by atoms with E-state index >= 15 is 0 Å². The van der Waals surface area contributed by atoms with Crippen LogP contribution in [0, 0.1) is 5.92 Å². The zero-order valence-electron chi connectivity index (χ0n) is 11.8. The smallest absolute Gasteiger partial charge is 0.0697 e. The van der Waals surface area contributed by atoms with Gasteiger partial charge in [-0.1, -0.05) is 19.8 Å². The quantitative estimate of drug-likeness (QED) is 0.716. The predicted octanol–water partition coefficient (Wildman–Crippen LogP) is 2.48. The standard InChI is InChI=1S/C15H29NO2/c1-13(12-17)5-4-9-16-14-6-10-18-15(11-14)7-2-3-8-15/h13-14,16-17H,2-12H2,1H3. The van der Waals surface area contributed by atoms with Crippen molar-refractivity contribution in [2.75, 3.05) is 19.8 Å². The first-order valence-corrected chi connectivity index (χ1v) is 7.72. The van der Waals surface area contributed by atoms with E-state index in [-0.39, 0.29) is 5.60 Å². The number of hydrogen-bond donors (Lipinski definition) is 2. The molecule has 2 unspecified atom stereocenters. The molecule has 2 aliphatic rings. The van der Waals surface area contributed by atoms with Crippen LogP contribution in [0.15, 0.2) is 0 Å². The Bertz CT molecular complexity index is 239. The molecule has 0 aromatic carbocycles. The topological polar surface area (TPSA) is 41.5 Å². The van der Waals surface area contributed by atoms with Gasteiger partial charge in [-0.3, -0.25) is 0 Å². The molecule has 0 radical (unpaired) electrons. The minimum absolute atomic E-state index is 0.230. The highest BCUT2D eigenvalue weighted by Crippen LogP contribution is 2.39. The maximum Gasteiger partial charge on any atom is 0.0697 e. The fourth-order valence-corrected chi connectivity index (χ4v) is 3.42. The second kappa shape index (κ2) is 6.88. The van der Waals surface area contributed by atoms with Crippen LogP contribution in [0.2, 0.25) is 0 Å². The van der Waals surface area contributed by atoms with Crippen molar-refractivity contribution < 1.29 is 9.84 Å². The van der Waals surface area contributed by atoms with Crippen LogP contribution in [0.5, 0.6) is 0 Å². The van der Waals surface area contributed by atoms with Crippen LogP contribution in [0.25, 0.3) is 0 Å². The number of ether oxygens (including phenoxy) is 1. The average Bonchev–Trinajstić information content (AvgIpc) is 2.82. The van der Waals surface area contributed by atoms with Crippen LogP contribution in [-0.4, -0.2) is 36.5 Å². The molecule has 1 saturated heterocycles. The first kappa shape index (κ1) is 14.3. The van der Waals surface area contributed by atoms with E-state index in [0.29, 0.717) is 18.6 Å². The minimum Gasteiger partial charge on any atom is -0.396 e. The fourth-order valence-electron chi connectivity index (χ4n) is 3.42. The molecule has 106 valence electrons. The van der Waals surface area contributed by atoms with E-state index in [4.69, 9.17) is 9.84 Å². The summed E-state index contributed by atoms with van der Waals surface area (Å²) in [6.07, 6.45) is 9.91. The third-order valence-electron chi connectivity index (χ3n) is 4.63. The van der Waals surface area contributed by atoms with Crippen LogP contribution in [0.4, 0.5) is 0 Å². The number of rotatable bonds is 6. The molecule has 18 heavy (non-hydrogen) atoms. The van der Waals surface area contributed by atoms with E-state index < -0.39 is 0 Å². The minimum atomic E-state index is 0.230. The summed E-state index contributed by atoms with van der Waals surface area (Å²) in [7, 11) is 0. The Morgan fingerprint density at radius 3 is 2.89 bits per heavy atom. The lowest BCUT2D eigenvalue weighted by molar-refractivity contribution is -0.0835. The van der Waals surface area contributed by atoms with Gasteiger partial charge in [-0.2, -0.15) is 0 Å². The summed E-state index contributed by atoms with van der Waals surface area (Å²) in [4.78, 5) is 0. The van der Waals surface area contributed by atoms with Gasteiger partial charge in [0.2, 0.25) is 0 Å². The molecule has 2 N–H and O–H groups in total. The lowest BCUT2D eigenvalue weighted by atomic mass is 9.89. The number of nitrogens with one attached hydrogen (secondary N) is 1. The zero-order valence-corrected chi connectivity index (χ0v) is 11.8. The molecule has 0 aromatic rings. The predicted molar refractivity (Wildman–Crippen MR) is 73.7 cm³/mol. The van der Waals surface area contributed by atoms with Crippen LogP contribution in [0.1, 0.15) is 58.3 Å². The van der Waals surface area contributed by atoms with Crippen LogP contribution in [0.3, 0.4) is 0 Å². The third kappa shape index (κ3) is 3.94. The van der Waals surface area contributed by atoms with Gasteiger partial charge in [0.15, 0.2) is 0 Å². The van der Waals surface area contributed by atoms with Crippen molar-refractivity contribution in [1.82, 2.24) is 5.32 Å². The first-order valence-electron chi connectivity index (χ1n) is 7.72. The van der Waals surface area contributed by atoms with E-state index in [2.05, 4.69) is 12.2 Å². The maximum absolute atomic E-state index is 8.99. The number of aliphatic hydroxyl groups excluding tert-OH is 1. The van der Waals surface area contributed by atoms with Crippen molar-refractivity contribution in [2.45, 2.75) is 69.9 Å². The van der Waals surface area contributed by atoms with E-state index in [1.54, 1.807) is 0 Å². The SMILES string of the molecule is CC(CO)CCCNC1CCOC2(CCCC2)C1. The molecule has 2 atom stereocenters. The van der Waals surface area contributed by atoms with Gasteiger partial charge in [0.05, 0.1) is 5.60 Å². The number of hydrogen-bond acceptors (Lipinski definition) is 3.